The van der Waals surface area contributed by atoms with Gasteiger partial charge in [0.15, 0.2) is 5.82 Å². The fourth-order valence-electron chi connectivity index (χ4n) is 1.58. The minimum Gasteiger partial charge on any atom is -0.317 e. The summed E-state index contributed by atoms with van der Waals surface area (Å²) >= 11 is 0. The van der Waals surface area contributed by atoms with Gasteiger partial charge in [-0.25, -0.2) is 0 Å². The molecule has 0 amide bonds. The first-order valence-electron chi connectivity index (χ1n) is 5.13. The Morgan fingerprint density at radius 2 is 2.07 bits per heavy atom. The van der Waals surface area contributed by atoms with E-state index in [2.05, 4.69) is 48.3 Å². The van der Waals surface area contributed by atoms with Crippen LogP contribution in [0.15, 0.2) is 30.6 Å². The van der Waals surface area contributed by atoms with E-state index >= 15 is 0 Å². The highest BCUT2D eigenvalue weighted by Crippen LogP contribution is 2.21. The first-order chi connectivity index (χ1) is 7.18. The van der Waals surface area contributed by atoms with E-state index in [-0.39, 0.29) is 0 Å². The molecular weight excluding hydrogens is 186 g/mol. The number of aromatic nitrogens is 3. The van der Waals surface area contributed by atoms with Gasteiger partial charge in [0.05, 0.1) is 0 Å². The van der Waals surface area contributed by atoms with Crippen LogP contribution in [-0.2, 0) is 7.05 Å². The number of hydrogen-bond acceptors (Lipinski definition) is 2. The monoisotopic (exact) mass is 201 g/mol. The molecule has 78 valence electrons. The molecule has 3 nitrogen and oxygen atoms in total. The van der Waals surface area contributed by atoms with Gasteiger partial charge in [-0.1, -0.05) is 32.0 Å². The zero-order valence-corrected chi connectivity index (χ0v) is 9.31. The normalized spacial score (nSPS) is 10.9. The van der Waals surface area contributed by atoms with Crippen molar-refractivity contribution in [3.8, 4) is 11.4 Å². The van der Waals surface area contributed by atoms with Crippen LogP contribution >= 0.6 is 0 Å². The van der Waals surface area contributed by atoms with Crippen molar-refractivity contribution in [1.82, 2.24) is 14.8 Å². The Balaban J connectivity index is 2.46. The maximum Gasteiger partial charge on any atom is 0.163 e. The molecule has 2 rings (SSSR count). The van der Waals surface area contributed by atoms with Crippen LogP contribution in [0.3, 0.4) is 0 Å². The quantitative estimate of drug-likeness (QED) is 0.747. The summed E-state index contributed by atoms with van der Waals surface area (Å²) in [4.78, 5) is 0. The Labute approximate surface area is 89.8 Å². The van der Waals surface area contributed by atoms with Crippen molar-refractivity contribution in [1.29, 1.82) is 0 Å². The molecule has 0 fully saturated rings. The van der Waals surface area contributed by atoms with Gasteiger partial charge in [0, 0.05) is 12.6 Å². The van der Waals surface area contributed by atoms with E-state index in [0.717, 1.165) is 11.4 Å². The van der Waals surface area contributed by atoms with Crippen LogP contribution in [0.4, 0.5) is 0 Å². The van der Waals surface area contributed by atoms with Crippen molar-refractivity contribution in [3.05, 3.63) is 36.2 Å². The molecule has 15 heavy (non-hydrogen) atoms. The van der Waals surface area contributed by atoms with E-state index in [4.69, 9.17) is 0 Å². The van der Waals surface area contributed by atoms with Crippen molar-refractivity contribution >= 4 is 0 Å². The number of nitrogens with zero attached hydrogens (tertiary/aromatic N) is 3. The van der Waals surface area contributed by atoms with E-state index in [0.29, 0.717) is 5.92 Å². The summed E-state index contributed by atoms with van der Waals surface area (Å²) < 4.78 is 1.93. The molecule has 2 aromatic rings. The van der Waals surface area contributed by atoms with E-state index < -0.39 is 0 Å². The van der Waals surface area contributed by atoms with Crippen LogP contribution in [0.5, 0.6) is 0 Å². The molecule has 0 N–H and O–H groups in total. The van der Waals surface area contributed by atoms with Crippen molar-refractivity contribution in [2.45, 2.75) is 19.8 Å². The van der Waals surface area contributed by atoms with Crippen molar-refractivity contribution < 1.29 is 0 Å². The van der Waals surface area contributed by atoms with Crippen LogP contribution in [-0.4, -0.2) is 14.8 Å². The minimum absolute atomic E-state index is 0.540. The highest BCUT2D eigenvalue weighted by molar-refractivity contribution is 5.56. The molecule has 3 heteroatoms. The molecule has 1 aromatic heterocycles. The van der Waals surface area contributed by atoms with Gasteiger partial charge in [-0.3, -0.25) is 0 Å². The predicted molar refractivity (Wildman–Crippen MR) is 60.5 cm³/mol. The van der Waals surface area contributed by atoms with Gasteiger partial charge in [0.2, 0.25) is 0 Å². The van der Waals surface area contributed by atoms with Crippen LogP contribution in [0.1, 0.15) is 25.3 Å². The maximum atomic E-state index is 4.10. The summed E-state index contributed by atoms with van der Waals surface area (Å²) in [5.74, 6) is 1.45. The summed E-state index contributed by atoms with van der Waals surface area (Å²) in [5.41, 5.74) is 2.46. The second-order valence-corrected chi connectivity index (χ2v) is 4.05. The van der Waals surface area contributed by atoms with Gasteiger partial charge < -0.3 is 4.57 Å². The second kappa shape index (κ2) is 3.85. The van der Waals surface area contributed by atoms with Crippen molar-refractivity contribution in [2.24, 2.45) is 7.05 Å². The van der Waals surface area contributed by atoms with Crippen LogP contribution in [0.25, 0.3) is 11.4 Å². The predicted octanol–water partition coefficient (Wildman–Crippen LogP) is 2.61. The molecule has 1 heterocycles. The fraction of sp³-hybridized carbons (Fsp3) is 0.333. The third-order valence-corrected chi connectivity index (χ3v) is 2.52. The average molecular weight is 201 g/mol. The third-order valence-electron chi connectivity index (χ3n) is 2.52. The van der Waals surface area contributed by atoms with Gasteiger partial charge in [-0.2, -0.15) is 0 Å². The first kappa shape index (κ1) is 9.90. The van der Waals surface area contributed by atoms with E-state index in [9.17, 15) is 0 Å². The molecule has 0 radical (unpaired) electrons. The SMILES string of the molecule is CC(C)c1cccc(-c2nncn2C)c1. The van der Waals surface area contributed by atoms with Crippen molar-refractivity contribution in [2.75, 3.05) is 0 Å². The highest BCUT2D eigenvalue weighted by atomic mass is 15.2. The molecule has 0 atom stereocenters. The summed E-state index contributed by atoms with van der Waals surface area (Å²) in [5, 5.41) is 7.99. The van der Waals surface area contributed by atoms with Gasteiger partial charge in [0.25, 0.3) is 0 Å². The summed E-state index contributed by atoms with van der Waals surface area (Å²) in [6.45, 7) is 4.38. The Morgan fingerprint density at radius 3 is 2.67 bits per heavy atom. The molecule has 0 saturated heterocycles. The van der Waals surface area contributed by atoms with E-state index in [1.54, 1.807) is 6.33 Å². The third kappa shape index (κ3) is 1.91. The van der Waals surface area contributed by atoms with Gasteiger partial charge in [0.1, 0.15) is 6.33 Å². The Morgan fingerprint density at radius 1 is 1.27 bits per heavy atom. The molecule has 0 bridgehead atoms. The number of hydrogen-bond donors (Lipinski definition) is 0. The lowest BCUT2D eigenvalue weighted by Gasteiger charge is -2.07. The molecule has 0 aliphatic carbocycles. The summed E-state index contributed by atoms with van der Waals surface area (Å²) in [7, 11) is 1.96. The van der Waals surface area contributed by atoms with Gasteiger partial charge >= 0.3 is 0 Å². The fourth-order valence-corrected chi connectivity index (χ4v) is 1.58. The zero-order chi connectivity index (χ0) is 10.8. The number of rotatable bonds is 2. The van der Waals surface area contributed by atoms with Gasteiger partial charge in [-0.15, -0.1) is 10.2 Å². The van der Waals surface area contributed by atoms with Crippen molar-refractivity contribution in [3.63, 3.8) is 0 Å². The lowest BCUT2D eigenvalue weighted by molar-refractivity contribution is 0.865. The standard InChI is InChI=1S/C12H15N3/c1-9(2)10-5-4-6-11(7-10)12-14-13-8-15(12)3/h4-9H,1-3H3. The largest absolute Gasteiger partial charge is 0.317 e. The lowest BCUT2D eigenvalue weighted by atomic mass is 10.0. The maximum absolute atomic E-state index is 4.10. The molecule has 0 aliphatic rings. The smallest absolute Gasteiger partial charge is 0.163 e. The van der Waals surface area contributed by atoms with Gasteiger partial charge in [-0.05, 0) is 17.5 Å². The molecule has 1 aromatic carbocycles. The zero-order valence-electron chi connectivity index (χ0n) is 9.31. The van der Waals surface area contributed by atoms with E-state index in [1.165, 1.54) is 5.56 Å². The molecule has 0 unspecified atom stereocenters. The molecule has 0 saturated carbocycles. The Bertz CT molecular complexity index is 457. The minimum atomic E-state index is 0.540. The van der Waals surface area contributed by atoms with Crippen LogP contribution in [0, 0.1) is 0 Å². The number of benzene rings is 1. The van der Waals surface area contributed by atoms with Crippen LogP contribution < -0.4 is 0 Å². The first-order valence-corrected chi connectivity index (χ1v) is 5.13. The lowest BCUT2D eigenvalue weighted by Crippen LogP contribution is -1.93. The molecular formula is C12H15N3. The van der Waals surface area contributed by atoms with E-state index in [1.807, 2.05) is 11.6 Å². The average Bonchev–Trinajstić information content (AvgIpc) is 2.64. The Hall–Kier alpha value is -1.64. The highest BCUT2D eigenvalue weighted by Gasteiger charge is 2.06. The second-order valence-electron chi connectivity index (χ2n) is 4.05. The summed E-state index contributed by atoms with van der Waals surface area (Å²) in [6, 6.07) is 8.45. The van der Waals surface area contributed by atoms with Crippen LogP contribution in [0.2, 0.25) is 0 Å². The summed E-state index contributed by atoms with van der Waals surface area (Å²) in [6.07, 6.45) is 1.72. The topological polar surface area (TPSA) is 30.7 Å². The Kier molecular flexibility index (Phi) is 2.54. The number of aryl methyl sites for hydroxylation is 1. The molecule has 0 aliphatic heterocycles. The molecule has 0 spiro atoms.